The van der Waals surface area contributed by atoms with Crippen molar-refractivity contribution in [2.75, 3.05) is 0 Å². The van der Waals surface area contributed by atoms with Gasteiger partial charge in [-0.1, -0.05) is 23.7 Å². The Hall–Kier alpha value is -1.65. The van der Waals surface area contributed by atoms with Crippen LogP contribution in [0.15, 0.2) is 42.7 Å². The van der Waals surface area contributed by atoms with E-state index in [1.807, 2.05) is 28.8 Å². The van der Waals surface area contributed by atoms with Crippen molar-refractivity contribution in [1.82, 2.24) is 9.55 Å². The van der Waals surface area contributed by atoms with E-state index in [0.29, 0.717) is 9.21 Å². The first-order valence-electron chi connectivity index (χ1n) is 5.42. The van der Waals surface area contributed by atoms with Crippen molar-refractivity contribution in [2.24, 2.45) is 0 Å². The number of rotatable bonds is 3. The molecule has 1 aromatic carbocycles. The number of hydrogen-bond donors (Lipinski definition) is 0. The second-order valence-electron chi connectivity index (χ2n) is 3.89. The summed E-state index contributed by atoms with van der Waals surface area (Å²) in [6.07, 6.45) is 1.69. The molecule has 0 aliphatic rings. The van der Waals surface area contributed by atoms with Gasteiger partial charge in [0.25, 0.3) is 0 Å². The third-order valence-corrected chi connectivity index (χ3v) is 3.96. The van der Waals surface area contributed by atoms with Gasteiger partial charge in [0.2, 0.25) is 0 Å². The molecule has 3 nitrogen and oxygen atoms in total. The van der Waals surface area contributed by atoms with E-state index in [0.717, 1.165) is 11.0 Å². The predicted octanol–water partition coefficient (Wildman–Crippen LogP) is 3.63. The van der Waals surface area contributed by atoms with E-state index < -0.39 is 0 Å². The standard InChI is InChI=1S/C13H9ClN2OS/c14-13-6-5-12(18-13)11(17)7-16-8-15-9-3-1-2-4-10(9)16/h1-6,8H,7H2. The van der Waals surface area contributed by atoms with Crippen LogP contribution >= 0.6 is 22.9 Å². The minimum absolute atomic E-state index is 0.0510. The molecule has 90 valence electrons. The average Bonchev–Trinajstić information content (AvgIpc) is 2.97. The van der Waals surface area contributed by atoms with E-state index in [-0.39, 0.29) is 12.3 Å². The van der Waals surface area contributed by atoms with Crippen LogP contribution in [0.4, 0.5) is 0 Å². The molecule has 0 saturated heterocycles. The second-order valence-corrected chi connectivity index (χ2v) is 5.60. The lowest BCUT2D eigenvalue weighted by Gasteiger charge is -2.01. The van der Waals surface area contributed by atoms with E-state index in [2.05, 4.69) is 4.98 Å². The minimum Gasteiger partial charge on any atom is -0.323 e. The van der Waals surface area contributed by atoms with Crippen LogP contribution in [0.1, 0.15) is 9.67 Å². The van der Waals surface area contributed by atoms with Gasteiger partial charge in [0, 0.05) is 0 Å². The zero-order valence-electron chi connectivity index (χ0n) is 9.34. The smallest absolute Gasteiger partial charge is 0.192 e. The number of ketones is 1. The molecule has 3 aromatic rings. The summed E-state index contributed by atoms with van der Waals surface area (Å²) in [6.45, 7) is 0.289. The van der Waals surface area contributed by atoms with Gasteiger partial charge in [-0.3, -0.25) is 4.79 Å². The van der Waals surface area contributed by atoms with Crippen molar-refractivity contribution >= 4 is 39.8 Å². The van der Waals surface area contributed by atoms with E-state index >= 15 is 0 Å². The van der Waals surface area contributed by atoms with Gasteiger partial charge in [-0.25, -0.2) is 4.98 Å². The number of halogens is 1. The molecule has 2 heterocycles. The summed E-state index contributed by atoms with van der Waals surface area (Å²) < 4.78 is 2.49. The third kappa shape index (κ3) is 2.05. The van der Waals surface area contributed by atoms with Gasteiger partial charge in [0.05, 0.1) is 33.1 Å². The molecule has 0 spiro atoms. The molecule has 0 bridgehead atoms. The Labute approximate surface area is 113 Å². The SMILES string of the molecule is O=C(Cn1cnc2ccccc21)c1ccc(Cl)s1. The number of fused-ring (bicyclic) bond motifs is 1. The van der Waals surface area contributed by atoms with Crippen molar-refractivity contribution in [2.45, 2.75) is 6.54 Å². The first-order valence-corrected chi connectivity index (χ1v) is 6.62. The molecule has 0 N–H and O–H groups in total. The minimum atomic E-state index is 0.0510. The maximum atomic E-state index is 12.1. The van der Waals surface area contributed by atoms with Gasteiger partial charge in [-0.05, 0) is 24.3 Å². The zero-order valence-corrected chi connectivity index (χ0v) is 10.9. The Balaban J connectivity index is 1.90. The van der Waals surface area contributed by atoms with Crippen LogP contribution in [-0.2, 0) is 6.54 Å². The van der Waals surface area contributed by atoms with Crippen molar-refractivity contribution in [3.8, 4) is 0 Å². The van der Waals surface area contributed by atoms with Crippen molar-refractivity contribution in [3.05, 3.63) is 51.9 Å². The number of benzene rings is 1. The summed E-state index contributed by atoms with van der Waals surface area (Å²) in [5, 5.41) is 0. The Kier molecular flexibility index (Phi) is 2.89. The van der Waals surface area contributed by atoms with Gasteiger partial charge < -0.3 is 4.57 Å². The van der Waals surface area contributed by atoms with Crippen LogP contribution in [0.25, 0.3) is 11.0 Å². The van der Waals surface area contributed by atoms with Gasteiger partial charge in [-0.15, -0.1) is 11.3 Å². The van der Waals surface area contributed by atoms with Crippen molar-refractivity contribution in [1.29, 1.82) is 0 Å². The number of hydrogen-bond acceptors (Lipinski definition) is 3. The monoisotopic (exact) mass is 276 g/mol. The molecule has 5 heteroatoms. The fourth-order valence-corrected chi connectivity index (χ4v) is 2.81. The highest BCUT2D eigenvalue weighted by atomic mass is 35.5. The Morgan fingerprint density at radius 1 is 1.28 bits per heavy atom. The quantitative estimate of drug-likeness (QED) is 0.685. The van der Waals surface area contributed by atoms with Crippen LogP contribution < -0.4 is 0 Å². The summed E-state index contributed by atoms with van der Waals surface area (Å²) in [7, 11) is 0. The van der Waals surface area contributed by atoms with E-state index in [1.54, 1.807) is 18.5 Å². The number of thiophene rings is 1. The molecular weight excluding hydrogens is 268 g/mol. The van der Waals surface area contributed by atoms with E-state index in [9.17, 15) is 4.79 Å². The van der Waals surface area contributed by atoms with Gasteiger partial charge in [-0.2, -0.15) is 0 Å². The first-order chi connectivity index (χ1) is 8.74. The van der Waals surface area contributed by atoms with Crippen LogP contribution in [0, 0.1) is 0 Å². The van der Waals surface area contributed by atoms with Crippen LogP contribution in [0.2, 0.25) is 4.34 Å². The predicted molar refractivity (Wildman–Crippen MR) is 73.4 cm³/mol. The second kappa shape index (κ2) is 4.55. The highest BCUT2D eigenvalue weighted by molar-refractivity contribution is 7.18. The Bertz CT molecular complexity index is 716. The molecule has 0 aliphatic heterocycles. The largest absolute Gasteiger partial charge is 0.323 e. The molecule has 3 rings (SSSR count). The number of carbonyl (C=O) groups excluding carboxylic acids is 1. The van der Waals surface area contributed by atoms with Crippen LogP contribution in [-0.4, -0.2) is 15.3 Å². The lowest BCUT2D eigenvalue weighted by Crippen LogP contribution is -2.07. The lowest BCUT2D eigenvalue weighted by molar-refractivity contribution is 0.0977. The zero-order chi connectivity index (χ0) is 12.5. The topological polar surface area (TPSA) is 34.9 Å². The molecule has 0 atom stereocenters. The molecule has 18 heavy (non-hydrogen) atoms. The third-order valence-electron chi connectivity index (χ3n) is 2.69. The Morgan fingerprint density at radius 2 is 2.11 bits per heavy atom. The number of nitrogens with zero attached hydrogens (tertiary/aromatic N) is 2. The normalized spacial score (nSPS) is 10.9. The fourth-order valence-electron chi connectivity index (χ4n) is 1.83. The van der Waals surface area contributed by atoms with Crippen LogP contribution in [0.5, 0.6) is 0 Å². The molecule has 0 aliphatic carbocycles. The summed E-state index contributed by atoms with van der Waals surface area (Å²) in [5.74, 6) is 0.0510. The lowest BCUT2D eigenvalue weighted by atomic mass is 10.3. The summed E-state index contributed by atoms with van der Waals surface area (Å²) in [6, 6.07) is 11.3. The summed E-state index contributed by atoms with van der Waals surface area (Å²) >= 11 is 7.13. The highest BCUT2D eigenvalue weighted by Crippen LogP contribution is 2.22. The van der Waals surface area contributed by atoms with Crippen molar-refractivity contribution in [3.63, 3.8) is 0 Å². The van der Waals surface area contributed by atoms with Crippen LogP contribution in [0.3, 0.4) is 0 Å². The van der Waals surface area contributed by atoms with Gasteiger partial charge in [0.15, 0.2) is 5.78 Å². The van der Waals surface area contributed by atoms with Crippen molar-refractivity contribution < 1.29 is 4.79 Å². The number of imidazole rings is 1. The molecule has 0 radical (unpaired) electrons. The number of carbonyl (C=O) groups is 1. The number of aromatic nitrogens is 2. The highest BCUT2D eigenvalue weighted by Gasteiger charge is 2.11. The summed E-state index contributed by atoms with van der Waals surface area (Å²) in [5.41, 5.74) is 1.86. The molecule has 0 fully saturated rings. The maximum Gasteiger partial charge on any atom is 0.192 e. The molecule has 0 unspecified atom stereocenters. The maximum absolute atomic E-state index is 12.1. The molecule has 2 aromatic heterocycles. The van der Waals surface area contributed by atoms with E-state index in [4.69, 9.17) is 11.6 Å². The number of para-hydroxylation sites is 2. The molecular formula is C13H9ClN2OS. The first kappa shape index (κ1) is 11.4. The van der Waals surface area contributed by atoms with Gasteiger partial charge in [0.1, 0.15) is 0 Å². The Morgan fingerprint density at radius 3 is 2.89 bits per heavy atom. The summed E-state index contributed by atoms with van der Waals surface area (Å²) in [4.78, 5) is 17.0. The molecule has 0 saturated carbocycles. The van der Waals surface area contributed by atoms with Gasteiger partial charge >= 0.3 is 0 Å². The number of Topliss-reactive ketones (excluding diaryl/α,β-unsaturated/α-hetero) is 1. The fraction of sp³-hybridized carbons (Fsp3) is 0.0769. The average molecular weight is 277 g/mol. The van der Waals surface area contributed by atoms with E-state index in [1.165, 1.54) is 11.3 Å². The molecule has 0 amide bonds.